The molecule has 8 heteroatoms. The number of anilines is 1. The van der Waals surface area contributed by atoms with Crippen LogP contribution in [0.3, 0.4) is 0 Å². The van der Waals surface area contributed by atoms with Crippen LogP contribution in [-0.2, 0) is 9.59 Å². The van der Waals surface area contributed by atoms with E-state index in [0.717, 1.165) is 12.1 Å². The van der Waals surface area contributed by atoms with Gasteiger partial charge in [0, 0.05) is 17.8 Å². The first-order valence-corrected chi connectivity index (χ1v) is 8.42. The number of benzene rings is 1. The Balaban J connectivity index is 1.90. The Kier molecular flexibility index (Phi) is 6.36. The number of thioether (sulfide) groups is 1. The lowest BCUT2D eigenvalue weighted by molar-refractivity contribution is -0.122. The van der Waals surface area contributed by atoms with Crippen LogP contribution in [0.1, 0.15) is 26.7 Å². The molecule has 1 heterocycles. The van der Waals surface area contributed by atoms with Crippen molar-refractivity contribution in [1.29, 1.82) is 0 Å². The van der Waals surface area contributed by atoms with Crippen molar-refractivity contribution in [2.45, 2.75) is 31.9 Å². The maximum atomic E-state index is 12.1. The maximum absolute atomic E-state index is 12.1. The molecule has 0 saturated carbocycles. The molecule has 1 aliphatic rings. The smallest absolute Gasteiger partial charge is 0.240 e. The number of carbonyl (C=O) groups is 2. The van der Waals surface area contributed by atoms with Gasteiger partial charge in [-0.1, -0.05) is 18.7 Å². The summed E-state index contributed by atoms with van der Waals surface area (Å²) in [5, 5.41) is 13.3. The predicted octanol–water partition coefficient (Wildman–Crippen LogP) is 2.40. The highest BCUT2D eigenvalue weighted by Gasteiger charge is 2.32. The molecule has 24 heavy (non-hydrogen) atoms. The quantitative estimate of drug-likeness (QED) is 0.610. The molecule has 0 aromatic heterocycles. The van der Waals surface area contributed by atoms with Crippen LogP contribution in [-0.4, -0.2) is 35.1 Å². The molecular weight excluding hydrogens is 328 g/mol. The van der Waals surface area contributed by atoms with Crippen LogP contribution in [0.25, 0.3) is 0 Å². The van der Waals surface area contributed by atoms with Gasteiger partial charge < -0.3 is 15.4 Å². The number of nitrogens with one attached hydrogen (secondary N) is 2. The molecule has 1 aliphatic heterocycles. The molecule has 1 fully saturated rings. The van der Waals surface area contributed by atoms with Crippen LogP contribution in [0.15, 0.2) is 34.5 Å². The molecule has 1 aromatic rings. The Hall–Kier alpha value is -2.35. The van der Waals surface area contributed by atoms with Crippen LogP contribution < -0.4 is 15.4 Å². The highest BCUT2D eigenvalue weighted by Crippen LogP contribution is 2.23. The minimum Gasteiger partial charge on any atom is -0.497 e. The van der Waals surface area contributed by atoms with Crippen LogP contribution in [0, 0.1) is 0 Å². The number of carbonyl (C=O) groups excluding carboxylic acids is 2. The average Bonchev–Trinajstić information content (AvgIpc) is 2.93. The lowest BCUT2D eigenvalue weighted by Gasteiger charge is -2.08. The van der Waals surface area contributed by atoms with E-state index in [9.17, 15) is 9.59 Å². The molecule has 128 valence electrons. The molecular formula is C16H20N4O3S. The third-order valence-electron chi connectivity index (χ3n) is 3.34. The number of hydrogen-bond acceptors (Lipinski definition) is 6. The standard InChI is InChI=1S/C16H20N4O3S/c1-4-10(2)19-20-16-18-15(22)13(24-16)9-14(21)17-11-5-7-12(23-3)8-6-11/h5-8,13H,4,9H2,1-3H3,(H,17,21)(H,18,20,22). The fourth-order valence-electron chi connectivity index (χ4n) is 1.84. The molecule has 0 bridgehead atoms. The summed E-state index contributed by atoms with van der Waals surface area (Å²) in [6.45, 7) is 3.84. The van der Waals surface area contributed by atoms with Gasteiger partial charge in [0.25, 0.3) is 0 Å². The molecule has 0 aliphatic carbocycles. The number of hydrogen-bond donors (Lipinski definition) is 2. The van der Waals surface area contributed by atoms with E-state index in [0.29, 0.717) is 16.6 Å². The molecule has 0 radical (unpaired) electrons. The Morgan fingerprint density at radius 1 is 1.38 bits per heavy atom. The predicted molar refractivity (Wildman–Crippen MR) is 96.6 cm³/mol. The Labute approximate surface area is 144 Å². The number of ether oxygens (including phenoxy) is 1. The Bertz CT molecular complexity index is 670. The normalized spacial score (nSPS) is 19.3. The van der Waals surface area contributed by atoms with E-state index in [-0.39, 0.29) is 18.2 Å². The highest BCUT2D eigenvalue weighted by atomic mass is 32.2. The lowest BCUT2D eigenvalue weighted by Crippen LogP contribution is -2.28. The van der Waals surface area contributed by atoms with E-state index in [1.165, 1.54) is 11.8 Å². The molecule has 1 aromatic carbocycles. The first kappa shape index (κ1) is 18.0. The van der Waals surface area contributed by atoms with Crippen molar-refractivity contribution in [2.24, 2.45) is 10.2 Å². The van der Waals surface area contributed by atoms with E-state index in [4.69, 9.17) is 4.74 Å². The summed E-state index contributed by atoms with van der Waals surface area (Å²) in [5.74, 6) is 0.248. The van der Waals surface area contributed by atoms with Gasteiger partial charge in [0.2, 0.25) is 11.8 Å². The average molecular weight is 348 g/mol. The Morgan fingerprint density at radius 2 is 2.08 bits per heavy atom. The summed E-state index contributed by atoms with van der Waals surface area (Å²) in [6.07, 6.45) is 0.862. The first-order chi connectivity index (χ1) is 11.5. The van der Waals surface area contributed by atoms with Gasteiger partial charge in [-0.25, -0.2) is 0 Å². The summed E-state index contributed by atoms with van der Waals surface area (Å²) in [5.41, 5.74) is 1.53. The fourth-order valence-corrected chi connectivity index (χ4v) is 2.76. The summed E-state index contributed by atoms with van der Waals surface area (Å²) < 4.78 is 5.06. The zero-order chi connectivity index (χ0) is 17.5. The van der Waals surface area contributed by atoms with Crippen LogP contribution in [0.5, 0.6) is 5.75 Å². The summed E-state index contributed by atoms with van der Waals surface area (Å²) >= 11 is 1.22. The van der Waals surface area contributed by atoms with Crippen molar-refractivity contribution in [2.75, 3.05) is 12.4 Å². The number of amidine groups is 1. The van der Waals surface area contributed by atoms with Crippen molar-refractivity contribution in [3.8, 4) is 5.75 Å². The number of nitrogens with zero attached hydrogens (tertiary/aromatic N) is 2. The third-order valence-corrected chi connectivity index (χ3v) is 4.42. The van der Waals surface area contributed by atoms with E-state index in [1.807, 2.05) is 13.8 Å². The summed E-state index contributed by atoms with van der Waals surface area (Å²) in [4.78, 5) is 24.0. The van der Waals surface area contributed by atoms with E-state index >= 15 is 0 Å². The molecule has 2 rings (SSSR count). The number of amides is 2. The van der Waals surface area contributed by atoms with E-state index in [1.54, 1.807) is 31.4 Å². The monoisotopic (exact) mass is 348 g/mol. The van der Waals surface area contributed by atoms with Gasteiger partial charge >= 0.3 is 0 Å². The van der Waals surface area contributed by atoms with Crippen LogP contribution in [0.2, 0.25) is 0 Å². The zero-order valence-electron chi connectivity index (χ0n) is 13.8. The van der Waals surface area contributed by atoms with Gasteiger partial charge in [-0.2, -0.15) is 5.10 Å². The molecule has 1 saturated heterocycles. The van der Waals surface area contributed by atoms with Gasteiger partial charge in [-0.3, -0.25) is 9.59 Å². The Morgan fingerprint density at radius 3 is 2.71 bits per heavy atom. The molecule has 1 atom stereocenters. The van der Waals surface area contributed by atoms with Crippen molar-refractivity contribution in [3.63, 3.8) is 0 Å². The second-order valence-electron chi connectivity index (χ2n) is 5.17. The maximum Gasteiger partial charge on any atom is 0.240 e. The molecule has 1 unspecified atom stereocenters. The zero-order valence-corrected chi connectivity index (χ0v) is 14.6. The highest BCUT2D eigenvalue weighted by molar-refractivity contribution is 8.15. The van der Waals surface area contributed by atoms with E-state index in [2.05, 4.69) is 20.8 Å². The van der Waals surface area contributed by atoms with E-state index < -0.39 is 5.25 Å². The minimum atomic E-state index is -0.501. The third kappa shape index (κ3) is 5.09. The summed E-state index contributed by atoms with van der Waals surface area (Å²) in [7, 11) is 1.58. The number of methoxy groups -OCH3 is 1. The SMILES string of the molecule is CCC(C)=NN=C1NC(=O)C(CC(=O)Nc2ccc(OC)cc2)S1. The van der Waals surface area contributed by atoms with Gasteiger partial charge in [-0.05, 0) is 37.6 Å². The second-order valence-corrected chi connectivity index (χ2v) is 6.36. The fraction of sp³-hybridized carbons (Fsp3) is 0.375. The van der Waals surface area contributed by atoms with Crippen molar-refractivity contribution < 1.29 is 14.3 Å². The summed E-state index contributed by atoms with van der Waals surface area (Å²) in [6, 6.07) is 7.00. The number of rotatable bonds is 6. The molecule has 2 N–H and O–H groups in total. The largest absolute Gasteiger partial charge is 0.497 e. The molecule has 7 nitrogen and oxygen atoms in total. The van der Waals surface area contributed by atoms with Gasteiger partial charge in [0.1, 0.15) is 11.0 Å². The topological polar surface area (TPSA) is 92.2 Å². The first-order valence-electron chi connectivity index (χ1n) is 7.54. The van der Waals surface area contributed by atoms with Gasteiger partial charge in [0.15, 0.2) is 5.17 Å². The van der Waals surface area contributed by atoms with Gasteiger partial charge in [0.05, 0.1) is 7.11 Å². The molecule has 0 spiro atoms. The van der Waals surface area contributed by atoms with Crippen molar-refractivity contribution >= 4 is 40.1 Å². The van der Waals surface area contributed by atoms with Crippen molar-refractivity contribution in [3.05, 3.63) is 24.3 Å². The molecule has 2 amide bonds. The minimum absolute atomic E-state index is 0.0675. The van der Waals surface area contributed by atoms with Crippen LogP contribution in [0.4, 0.5) is 5.69 Å². The van der Waals surface area contributed by atoms with Gasteiger partial charge in [-0.15, -0.1) is 5.10 Å². The second kappa shape index (κ2) is 8.49. The lowest BCUT2D eigenvalue weighted by atomic mass is 10.2. The van der Waals surface area contributed by atoms with Crippen molar-refractivity contribution in [1.82, 2.24) is 5.32 Å². The van der Waals surface area contributed by atoms with Crippen LogP contribution >= 0.6 is 11.8 Å².